The van der Waals surface area contributed by atoms with E-state index < -0.39 is 5.41 Å². The highest BCUT2D eigenvalue weighted by Gasteiger charge is 2.68. The minimum Gasteiger partial charge on any atom is -0.301 e. The van der Waals surface area contributed by atoms with Crippen molar-refractivity contribution in [3.63, 3.8) is 0 Å². The zero-order valence-corrected chi connectivity index (χ0v) is 18.9. The third kappa shape index (κ3) is 2.46. The van der Waals surface area contributed by atoms with Crippen molar-refractivity contribution >= 4 is 56.6 Å². The predicted molar refractivity (Wildman–Crippen MR) is 117 cm³/mol. The summed E-state index contributed by atoms with van der Waals surface area (Å²) < 4.78 is 0. The molecule has 2 atom stereocenters. The molecule has 2 aliphatic carbocycles. The van der Waals surface area contributed by atoms with Gasteiger partial charge in [0.25, 0.3) is 0 Å². The number of fused-ring (bicyclic) bond motifs is 6. The quantitative estimate of drug-likeness (QED) is 0.539. The van der Waals surface area contributed by atoms with Gasteiger partial charge in [-0.3, -0.25) is 4.79 Å². The zero-order chi connectivity index (χ0) is 20.7. The summed E-state index contributed by atoms with van der Waals surface area (Å²) in [5, 5.41) is 4.61. The van der Waals surface area contributed by atoms with Gasteiger partial charge in [-0.25, -0.2) is 15.0 Å². The first-order valence-corrected chi connectivity index (χ1v) is 11.1. The van der Waals surface area contributed by atoms with Crippen molar-refractivity contribution in [2.24, 2.45) is 5.41 Å². The number of aryl methyl sites for hydroxylation is 2. The number of anilines is 1. The highest BCUT2D eigenvalue weighted by Crippen LogP contribution is 2.67. The minimum atomic E-state index is -0.742. The molecule has 2 aliphatic rings. The first-order valence-electron chi connectivity index (χ1n) is 9.58. The number of carbonyl (C=O) groups is 1. The van der Waals surface area contributed by atoms with Crippen molar-refractivity contribution in [2.45, 2.75) is 51.9 Å². The Bertz CT molecular complexity index is 1190. The van der Waals surface area contributed by atoms with Gasteiger partial charge < -0.3 is 5.32 Å². The van der Waals surface area contributed by atoms with Gasteiger partial charge in [0.1, 0.15) is 0 Å². The molecule has 150 valence electrons. The van der Waals surface area contributed by atoms with Crippen molar-refractivity contribution < 1.29 is 4.79 Å². The second kappa shape index (κ2) is 6.13. The number of rotatable bonds is 2. The number of carbonyl (C=O) groups excluding carboxylic acids is 1. The highest BCUT2D eigenvalue weighted by atomic mass is 35.5. The predicted octanol–water partition coefficient (Wildman–Crippen LogP) is 5.80. The summed E-state index contributed by atoms with van der Waals surface area (Å²) >= 11 is 13.9. The minimum absolute atomic E-state index is 0.0498. The molecule has 2 unspecified atom stereocenters. The molecule has 2 aromatic heterocycles. The Morgan fingerprint density at radius 1 is 1.14 bits per heavy atom. The average molecular weight is 447 g/mol. The van der Waals surface area contributed by atoms with Crippen LogP contribution in [0, 0.1) is 19.3 Å². The monoisotopic (exact) mass is 446 g/mol. The van der Waals surface area contributed by atoms with E-state index in [0.29, 0.717) is 26.2 Å². The number of benzene rings is 1. The van der Waals surface area contributed by atoms with E-state index in [9.17, 15) is 4.79 Å². The van der Waals surface area contributed by atoms with Gasteiger partial charge >= 0.3 is 0 Å². The van der Waals surface area contributed by atoms with Crippen LogP contribution < -0.4 is 5.32 Å². The Balaban J connectivity index is 1.67. The van der Waals surface area contributed by atoms with Crippen molar-refractivity contribution in [1.29, 1.82) is 0 Å². The van der Waals surface area contributed by atoms with Gasteiger partial charge in [-0.1, -0.05) is 37.0 Å². The molecule has 0 saturated heterocycles. The summed E-state index contributed by atoms with van der Waals surface area (Å²) in [4.78, 5) is 29.1. The molecule has 1 N–H and O–H groups in total. The second-order valence-electron chi connectivity index (χ2n) is 8.55. The Morgan fingerprint density at radius 3 is 2.41 bits per heavy atom. The fourth-order valence-electron chi connectivity index (χ4n) is 5.11. The summed E-state index contributed by atoms with van der Waals surface area (Å²) in [6.07, 6.45) is 1.65. The number of nitrogens with one attached hydrogen (secondary N) is 1. The number of hydrogen-bond acceptors (Lipinski definition) is 5. The molecule has 2 bridgehead atoms. The second-order valence-corrected chi connectivity index (χ2v) is 10.6. The maximum Gasteiger partial charge on any atom is 0.239 e. The first-order chi connectivity index (χ1) is 13.6. The van der Waals surface area contributed by atoms with Crippen LogP contribution in [0.4, 0.5) is 5.13 Å². The van der Waals surface area contributed by atoms with Crippen molar-refractivity contribution in [3.8, 4) is 0 Å². The molecule has 1 aromatic carbocycles. The Morgan fingerprint density at radius 2 is 1.79 bits per heavy atom. The van der Waals surface area contributed by atoms with Crippen LogP contribution in [0.15, 0.2) is 12.1 Å². The van der Waals surface area contributed by atoms with Gasteiger partial charge in [0.15, 0.2) is 5.13 Å². The van der Waals surface area contributed by atoms with Gasteiger partial charge in [-0.15, -0.1) is 11.3 Å². The molecule has 5 rings (SSSR count). The molecule has 1 saturated carbocycles. The van der Waals surface area contributed by atoms with E-state index in [1.165, 1.54) is 11.3 Å². The first kappa shape index (κ1) is 19.2. The van der Waals surface area contributed by atoms with Crippen molar-refractivity contribution in [2.75, 3.05) is 5.32 Å². The number of thiazole rings is 1. The van der Waals surface area contributed by atoms with E-state index in [0.717, 1.165) is 34.8 Å². The summed E-state index contributed by atoms with van der Waals surface area (Å²) in [5.74, 6) is 0.126. The maximum atomic E-state index is 13.7. The molecule has 0 spiro atoms. The van der Waals surface area contributed by atoms with Crippen LogP contribution in [0.3, 0.4) is 0 Å². The van der Waals surface area contributed by atoms with Crippen LogP contribution in [-0.2, 0) is 10.2 Å². The van der Waals surface area contributed by atoms with Gasteiger partial charge in [0.05, 0.1) is 43.6 Å². The maximum absolute atomic E-state index is 13.7. The number of nitrogens with zero attached hydrogens (tertiary/aromatic N) is 3. The lowest BCUT2D eigenvalue weighted by Crippen LogP contribution is -2.46. The summed E-state index contributed by atoms with van der Waals surface area (Å²) in [6, 6.07) is 3.48. The van der Waals surface area contributed by atoms with E-state index in [-0.39, 0.29) is 17.2 Å². The number of amides is 1. The molecule has 1 amide bonds. The number of hydrogen-bond donors (Lipinski definition) is 1. The standard InChI is InChI=1S/C21H20Cl2N4OS/c1-9-10(2)29-19(24-9)27-18(28)21-6-5-11(20(21,3)4)16-17(21)26-15-8-13(23)12(22)7-14(15)25-16/h7-8,11H,5-6H2,1-4H3,(H,24,27,28). The van der Waals surface area contributed by atoms with Crippen LogP contribution in [0.25, 0.3) is 11.0 Å². The fraction of sp³-hybridized carbons (Fsp3) is 0.429. The molecule has 0 radical (unpaired) electrons. The van der Waals surface area contributed by atoms with Crippen LogP contribution in [-0.4, -0.2) is 20.9 Å². The molecular formula is C21H20Cl2N4OS. The highest BCUT2D eigenvalue weighted by molar-refractivity contribution is 7.15. The average Bonchev–Trinajstić information content (AvgIpc) is 3.17. The van der Waals surface area contributed by atoms with Crippen molar-refractivity contribution in [1.82, 2.24) is 15.0 Å². The molecular weight excluding hydrogens is 427 g/mol. The molecule has 5 nitrogen and oxygen atoms in total. The van der Waals surface area contributed by atoms with E-state index in [1.54, 1.807) is 12.1 Å². The molecule has 0 aliphatic heterocycles. The molecule has 8 heteroatoms. The van der Waals surface area contributed by atoms with E-state index >= 15 is 0 Å². The topological polar surface area (TPSA) is 67.8 Å². The summed E-state index contributed by atoms with van der Waals surface area (Å²) in [5.41, 5.74) is 2.95. The van der Waals surface area contributed by atoms with Crippen LogP contribution in [0.5, 0.6) is 0 Å². The van der Waals surface area contributed by atoms with Gasteiger partial charge in [-0.05, 0) is 44.2 Å². The lowest BCUT2D eigenvalue weighted by atomic mass is 9.67. The third-order valence-corrected chi connectivity index (χ3v) is 8.59. The SMILES string of the molecule is Cc1nc(NC(=O)C23CCC(c4nc5cc(Cl)c(Cl)cc5nc42)C3(C)C)sc1C. The zero-order valence-electron chi connectivity index (χ0n) is 16.6. The Kier molecular flexibility index (Phi) is 4.06. The van der Waals surface area contributed by atoms with E-state index in [1.807, 2.05) is 13.8 Å². The largest absolute Gasteiger partial charge is 0.301 e. The molecule has 29 heavy (non-hydrogen) atoms. The van der Waals surface area contributed by atoms with Gasteiger partial charge in [0.2, 0.25) is 5.91 Å². The molecule has 1 fully saturated rings. The summed E-state index contributed by atoms with van der Waals surface area (Å²) in [7, 11) is 0. The van der Waals surface area contributed by atoms with E-state index in [2.05, 4.69) is 24.1 Å². The molecule has 2 heterocycles. The Labute approximate surface area is 182 Å². The van der Waals surface area contributed by atoms with Crippen LogP contribution in [0.1, 0.15) is 54.6 Å². The normalized spacial score (nSPS) is 24.1. The fourth-order valence-corrected chi connectivity index (χ4v) is 6.23. The lowest BCUT2D eigenvalue weighted by molar-refractivity contribution is -0.124. The van der Waals surface area contributed by atoms with Crippen molar-refractivity contribution in [3.05, 3.63) is 44.1 Å². The number of halogens is 2. The van der Waals surface area contributed by atoms with Crippen LogP contribution in [0.2, 0.25) is 10.0 Å². The molecule has 3 aromatic rings. The number of aromatic nitrogens is 3. The van der Waals surface area contributed by atoms with Gasteiger partial charge in [-0.2, -0.15) is 0 Å². The lowest BCUT2D eigenvalue weighted by Gasteiger charge is -2.36. The Hall–Kier alpha value is -1.76. The van der Waals surface area contributed by atoms with Gasteiger partial charge in [0, 0.05) is 10.8 Å². The summed E-state index contributed by atoms with van der Waals surface area (Å²) in [6.45, 7) is 8.26. The van der Waals surface area contributed by atoms with E-state index in [4.69, 9.17) is 33.2 Å². The van der Waals surface area contributed by atoms with Crippen LogP contribution >= 0.6 is 34.5 Å². The smallest absolute Gasteiger partial charge is 0.239 e. The third-order valence-electron chi connectivity index (χ3n) is 6.88.